The predicted molar refractivity (Wildman–Crippen MR) is 57.3 cm³/mol. The van der Waals surface area contributed by atoms with Crippen molar-refractivity contribution >= 4 is 11.6 Å². The molecule has 0 bridgehead atoms. The van der Waals surface area contributed by atoms with Crippen molar-refractivity contribution in [3.63, 3.8) is 0 Å². The quantitative estimate of drug-likeness (QED) is 0.836. The van der Waals surface area contributed by atoms with Gasteiger partial charge in [0.15, 0.2) is 0 Å². The van der Waals surface area contributed by atoms with Crippen molar-refractivity contribution in [2.75, 3.05) is 20.3 Å². The Morgan fingerprint density at radius 1 is 1.43 bits per heavy atom. The summed E-state index contributed by atoms with van der Waals surface area (Å²) in [5.41, 5.74) is 6.24. The van der Waals surface area contributed by atoms with Crippen LogP contribution in [0.15, 0.2) is 12.1 Å². The minimum absolute atomic E-state index is 0.490. The van der Waals surface area contributed by atoms with Crippen LogP contribution in [0.25, 0.3) is 0 Å². The van der Waals surface area contributed by atoms with Crippen molar-refractivity contribution in [1.29, 1.82) is 0 Å². The summed E-state index contributed by atoms with van der Waals surface area (Å²) in [4.78, 5) is 0. The summed E-state index contributed by atoms with van der Waals surface area (Å²) in [6, 6.07) is 3.56. The van der Waals surface area contributed by atoms with E-state index < -0.39 is 0 Å². The third kappa shape index (κ3) is 2.30. The van der Waals surface area contributed by atoms with Crippen LogP contribution in [0.4, 0.5) is 0 Å². The van der Waals surface area contributed by atoms with Crippen LogP contribution in [-0.4, -0.2) is 20.3 Å². The molecule has 3 nitrogen and oxygen atoms in total. The number of benzene rings is 1. The van der Waals surface area contributed by atoms with Gasteiger partial charge in [-0.15, -0.1) is 0 Å². The van der Waals surface area contributed by atoms with E-state index >= 15 is 0 Å². The highest BCUT2D eigenvalue weighted by atomic mass is 35.5. The van der Waals surface area contributed by atoms with Crippen LogP contribution in [0.2, 0.25) is 5.02 Å². The SMILES string of the molecule is COc1c(Cl)ccc(OCCN)c1C. The third-order valence-corrected chi connectivity index (χ3v) is 2.19. The van der Waals surface area contributed by atoms with Crippen molar-refractivity contribution in [1.82, 2.24) is 0 Å². The van der Waals surface area contributed by atoms with Crippen LogP contribution in [0.5, 0.6) is 11.5 Å². The highest BCUT2D eigenvalue weighted by Crippen LogP contribution is 2.34. The highest BCUT2D eigenvalue weighted by Gasteiger charge is 2.09. The summed E-state index contributed by atoms with van der Waals surface area (Å²) in [5, 5.41) is 0.588. The Balaban J connectivity index is 2.96. The van der Waals surface area contributed by atoms with Gasteiger partial charge in [-0.25, -0.2) is 0 Å². The van der Waals surface area contributed by atoms with E-state index in [1.54, 1.807) is 13.2 Å². The minimum atomic E-state index is 0.490. The van der Waals surface area contributed by atoms with Gasteiger partial charge in [-0.2, -0.15) is 0 Å². The molecule has 0 amide bonds. The lowest BCUT2D eigenvalue weighted by Gasteiger charge is -2.12. The molecule has 0 aromatic heterocycles. The number of hydrogen-bond donors (Lipinski definition) is 1. The van der Waals surface area contributed by atoms with E-state index in [2.05, 4.69) is 0 Å². The van der Waals surface area contributed by atoms with Gasteiger partial charge in [0.25, 0.3) is 0 Å². The maximum absolute atomic E-state index is 5.93. The number of hydrogen-bond acceptors (Lipinski definition) is 3. The van der Waals surface area contributed by atoms with Gasteiger partial charge in [0.1, 0.15) is 18.1 Å². The molecule has 14 heavy (non-hydrogen) atoms. The Bertz CT molecular complexity index is 315. The van der Waals surface area contributed by atoms with E-state index in [0.717, 1.165) is 11.3 Å². The molecule has 78 valence electrons. The number of halogens is 1. The first-order chi connectivity index (χ1) is 6.70. The van der Waals surface area contributed by atoms with Gasteiger partial charge in [0, 0.05) is 12.1 Å². The van der Waals surface area contributed by atoms with Gasteiger partial charge in [0.05, 0.1) is 12.1 Å². The first-order valence-electron chi connectivity index (χ1n) is 4.36. The van der Waals surface area contributed by atoms with Crippen molar-refractivity contribution < 1.29 is 9.47 Å². The Hall–Kier alpha value is -0.930. The number of rotatable bonds is 4. The first kappa shape index (κ1) is 11.1. The number of nitrogens with two attached hydrogens (primary N) is 1. The molecule has 0 aliphatic rings. The lowest BCUT2D eigenvalue weighted by atomic mass is 10.2. The summed E-state index contributed by atoms with van der Waals surface area (Å²) < 4.78 is 10.6. The molecular weight excluding hydrogens is 202 g/mol. The van der Waals surface area contributed by atoms with Crippen LogP contribution in [0, 0.1) is 6.92 Å². The molecule has 2 N–H and O–H groups in total. The molecule has 1 aromatic rings. The zero-order valence-electron chi connectivity index (χ0n) is 8.34. The molecule has 0 saturated carbocycles. The fourth-order valence-corrected chi connectivity index (χ4v) is 1.50. The van der Waals surface area contributed by atoms with Gasteiger partial charge in [0.2, 0.25) is 0 Å². The standard InChI is InChI=1S/C10H14ClNO2/c1-7-9(14-6-5-12)4-3-8(11)10(7)13-2/h3-4H,5-6,12H2,1-2H3. The maximum Gasteiger partial charge on any atom is 0.144 e. The second-order valence-corrected chi connectivity index (χ2v) is 3.25. The molecule has 0 unspecified atom stereocenters. The molecule has 0 fully saturated rings. The average Bonchev–Trinajstić information content (AvgIpc) is 2.18. The monoisotopic (exact) mass is 215 g/mol. The average molecular weight is 216 g/mol. The van der Waals surface area contributed by atoms with Gasteiger partial charge in [-0.3, -0.25) is 0 Å². The van der Waals surface area contributed by atoms with Crippen molar-refractivity contribution in [3.05, 3.63) is 22.7 Å². The smallest absolute Gasteiger partial charge is 0.144 e. The van der Waals surface area contributed by atoms with Crippen LogP contribution in [-0.2, 0) is 0 Å². The van der Waals surface area contributed by atoms with E-state index in [9.17, 15) is 0 Å². The summed E-state index contributed by atoms with van der Waals surface area (Å²) in [6.07, 6.45) is 0. The molecular formula is C10H14ClNO2. The second-order valence-electron chi connectivity index (χ2n) is 2.84. The van der Waals surface area contributed by atoms with Gasteiger partial charge in [-0.1, -0.05) is 11.6 Å². The fourth-order valence-electron chi connectivity index (χ4n) is 1.22. The van der Waals surface area contributed by atoms with E-state index in [4.69, 9.17) is 26.8 Å². The molecule has 1 rings (SSSR count). The van der Waals surface area contributed by atoms with Gasteiger partial charge >= 0.3 is 0 Å². The van der Waals surface area contributed by atoms with E-state index in [1.165, 1.54) is 0 Å². The normalized spacial score (nSPS) is 10.0. The van der Waals surface area contributed by atoms with Gasteiger partial charge in [-0.05, 0) is 19.1 Å². The molecule has 1 aromatic carbocycles. The lowest BCUT2D eigenvalue weighted by molar-refractivity contribution is 0.322. The Kier molecular flexibility index (Phi) is 4.04. The largest absolute Gasteiger partial charge is 0.495 e. The van der Waals surface area contributed by atoms with Crippen molar-refractivity contribution in [3.8, 4) is 11.5 Å². The number of methoxy groups -OCH3 is 1. The van der Waals surface area contributed by atoms with Crippen LogP contribution >= 0.6 is 11.6 Å². The maximum atomic E-state index is 5.93. The van der Waals surface area contributed by atoms with Crippen molar-refractivity contribution in [2.45, 2.75) is 6.92 Å². The highest BCUT2D eigenvalue weighted by molar-refractivity contribution is 6.32. The molecule has 0 aliphatic carbocycles. The Morgan fingerprint density at radius 2 is 2.14 bits per heavy atom. The lowest BCUT2D eigenvalue weighted by Crippen LogP contribution is -2.11. The summed E-state index contributed by atoms with van der Waals surface area (Å²) in [6.45, 7) is 2.88. The van der Waals surface area contributed by atoms with Crippen LogP contribution < -0.4 is 15.2 Å². The zero-order valence-corrected chi connectivity index (χ0v) is 9.10. The third-order valence-electron chi connectivity index (χ3n) is 1.89. The molecule has 4 heteroatoms. The van der Waals surface area contributed by atoms with Gasteiger partial charge < -0.3 is 15.2 Å². The molecule has 0 aliphatic heterocycles. The number of ether oxygens (including phenoxy) is 2. The molecule has 0 atom stereocenters. The first-order valence-corrected chi connectivity index (χ1v) is 4.74. The summed E-state index contributed by atoms with van der Waals surface area (Å²) in [7, 11) is 1.58. The van der Waals surface area contributed by atoms with E-state index in [0.29, 0.717) is 23.9 Å². The Labute approximate surface area is 88.8 Å². The van der Waals surface area contributed by atoms with Crippen molar-refractivity contribution in [2.24, 2.45) is 5.73 Å². The second kappa shape index (κ2) is 5.08. The van der Waals surface area contributed by atoms with E-state index in [-0.39, 0.29) is 0 Å². The fraction of sp³-hybridized carbons (Fsp3) is 0.400. The molecule has 0 spiro atoms. The molecule has 0 radical (unpaired) electrons. The molecule has 0 saturated heterocycles. The zero-order chi connectivity index (χ0) is 10.6. The van der Waals surface area contributed by atoms with E-state index in [1.807, 2.05) is 13.0 Å². The summed E-state index contributed by atoms with van der Waals surface area (Å²) >= 11 is 5.93. The van der Waals surface area contributed by atoms with Crippen LogP contribution in [0.1, 0.15) is 5.56 Å². The summed E-state index contributed by atoms with van der Waals surface area (Å²) in [5.74, 6) is 1.41. The topological polar surface area (TPSA) is 44.5 Å². The molecule has 0 heterocycles. The predicted octanol–water partition coefficient (Wildman–Crippen LogP) is 1.99. The Morgan fingerprint density at radius 3 is 2.71 bits per heavy atom. The van der Waals surface area contributed by atoms with Crippen LogP contribution in [0.3, 0.4) is 0 Å². The minimum Gasteiger partial charge on any atom is -0.495 e.